The van der Waals surface area contributed by atoms with E-state index in [9.17, 15) is 9.59 Å². The molecule has 6 N–H and O–H groups in total. The Bertz CT molecular complexity index is 821. The van der Waals surface area contributed by atoms with Gasteiger partial charge in [-0.3, -0.25) is 14.6 Å². The van der Waals surface area contributed by atoms with Crippen molar-refractivity contribution >= 4 is 22.9 Å². The van der Waals surface area contributed by atoms with Crippen LogP contribution in [0.15, 0.2) is 11.0 Å². The standard InChI is InChI=1S/C14H18N6O2/c1-8(2)20-7-9(4-3-5-17-10(21)6-15)11-12(20)18-14(16)19-13(11)22/h7-8H,5-6,15H2,1-2H3,(H,17,21)(H3,16,18,19,22). The minimum Gasteiger partial charge on any atom is -0.369 e. The number of carbonyl (C=O) groups is 1. The Labute approximate surface area is 126 Å². The number of nitrogens with zero attached hydrogens (tertiary/aromatic N) is 2. The summed E-state index contributed by atoms with van der Waals surface area (Å²) in [6.07, 6.45) is 1.76. The number of nitrogens with two attached hydrogens (primary N) is 2. The van der Waals surface area contributed by atoms with Gasteiger partial charge >= 0.3 is 0 Å². The Morgan fingerprint density at radius 3 is 2.91 bits per heavy atom. The lowest BCUT2D eigenvalue weighted by Crippen LogP contribution is -2.30. The topological polar surface area (TPSA) is 132 Å². The van der Waals surface area contributed by atoms with Crippen molar-refractivity contribution in [2.24, 2.45) is 5.73 Å². The Morgan fingerprint density at radius 2 is 2.27 bits per heavy atom. The van der Waals surface area contributed by atoms with Crippen molar-refractivity contribution in [2.45, 2.75) is 19.9 Å². The van der Waals surface area contributed by atoms with Gasteiger partial charge in [-0.2, -0.15) is 4.98 Å². The molecule has 0 saturated carbocycles. The lowest BCUT2D eigenvalue weighted by Gasteiger charge is -2.07. The molecular weight excluding hydrogens is 284 g/mol. The maximum atomic E-state index is 12.1. The van der Waals surface area contributed by atoms with Crippen LogP contribution in [0.25, 0.3) is 11.0 Å². The predicted molar refractivity (Wildman–Crippen MR) is 84.1 cm³/mol. The molecule has 0 atom stereocenters. The van der Waals surface area contributed by atoms with E-state index < -0.39 is 0 Å². The fourth-order valence-corrected chi connectivity index (χ4v) is 2.02. The highest BCUT2D eigenvalue weighted by Crippen LogP contribution is 2.19. The van der Waals surface area contributed by atoms with E-state index in [0.29, 0.717) is 16.6 Å². The number of H-pyrrole nitrogens is 1. The second kappa shape index (κ2) is 6.32. The second-order valence-electron chi connectivity index (χ2n) is 4.98. The summed E-state index contributed by atoms with van der Waals surface area (Å²) < 4.78 is 1.84. The third-order valence-electron chi connectivity index (χ3n) is 3.04. The highest BCUT2D eigenvalue weighted by Gasteiger charge is 2.14. The van der Waals surface area contributed by atoms with Crippen LogP contribution in [0.1, 0.15) is 25.5 Å². The molecule has 2 aromatic rings. The van der Waals surface area contributed by atoms with Gasteiger partial charge in [0.05, 0.1) is 24.0 Å². The molecule has 0 bridgehead atoms. The molecule has 2 heterocycles. The molecule has 0 aliphatic carbocycles. The molecular formula is C14H18N6O2. The number of aromatic amines is 1. The van der Waals surface area contributed by atoms with Gasteiger partial charge in [-0.05, 0) is 13.8 Å². The molecule has 2 aromatic heterocycles. The SMILES string of the molecule is CC(C)n1cc(C#CCNC(=O)CN)c2c(=O)[nH]c(N)nc21. The number of amides is 1. The number of nitrogen functional groups attached to an aromatic ring is 1. The Hall–Kier alpha value is -2.79. The van der Waals surface area contributed by atoms with Crippen LogP contribution in [0.5, 0.6) is 0 Å². The number of aromatic nitrogens is 3. The zero-order chi connectivity index (χ0) is 16.3. The van der Waals surface area contributed by atoms with E-state index in [4.69, 9.17) is 11.5 Å². The molecule has 0 unspecified atom stereocenters. The number of rotatable bonds is 3. The highest BCUT2D eigenvalue weighted by molar-refractivity contribution is 5.84. The van der Waals surface area contributed by atoms with Gasteiger partial charge in [0.25, 0.3) is 5.56 Å². The van der Waals surface area contributed by atoms with Crippen LogP contribution in [0.3, 0.4) is 0 Å². The van der Waals surface area contributed by atoms with Gasteiger partial charge in [0, 0.05) is 12.2 Å². The lowest BCUT2D eigenvalue weighted by molar-refractivity contribution is -0.119. The van der Waals surface area contributed by atoms with Crippen LogP contribution in [-0.4, -0.2) is 33.5 Å². The molecule has 0 aliphatic rings. The van der Waals surface area contributed by atoms with Crippen molar-refractivity contribution in [1.82, 2.24) is 19.9 Å². The minimum absolute atomic E-state index is 0.0622. The molecule has 0 saturated heterocycles. The molecule has 0 spiro atoms. The molecule has 116 valence electrons. The minimum atomic E-state index is -0.336. The van der Waals surface area contributed by atoms with Crippen molar-refractivity contribution in [3.05, 3.63) is 22.1 Å². The van der Waals surface area contributed by atoms with Gasteiger partial charge in [0.1, 0.15) is 0 Å². The van der Waals surface area contributed by atoms with Crippen LogP contribution in [0.4, 0.5) is 5.95 Å². The molecule has 0 radical (unpaired) electrons. The Kier molecular flexibility index (Phi) is 4.48. The number of carbonyl (C=O) groups excluding carboxylic acids is 1. The monoisotopic (exact) mass is 302 g/mol. The van der Waals surface area contributed by atoms with Crippen molar-refractivity contribution in [3.63, 3.8) is 0 Å². The maximum absolute atomic E-state index is 12.1. The van der Waals surface area contributed by atoms with E-state index in [1.54, 1.807) is 6.20 Å². The van der Waals surface area contributed by atoms with Gasteiger partial charge in [-0.25, -0.2) is 0 Å². The summed E-state index contributed by atoms with van der Waals surface area (Å²) in [5.74, 6) is 5.44. The van der Waals surface area contributed by atoms with Gasteiger partial charge < -0.3 is 21.4 Å². The van der Waals surface area contributed by atoms with Crippen LogP contribution < -0.4 is 22.3 Å². The molecule has 0 fully saturated rings. The Morgan fingerprint density at radius 1 is 1.55 bits per heavy atom. The first kappa shape index (κ1) is 15.6. The first-order valence-corrected chi connectivity index (χ1v) is 6.80. The van der Waals surface area contributed by atoms with Crippen LogP contribution >= 0.6 is 0 Å². The number of fused-ring (bicyclic) bond motifs is 1. The van der Waals surface area contributed by atoms with Crippen molar-refractivity contribution in [1.29, 1.82) is 0 Å². The lowest BCUT2D eigenvalue weighted by atomic mass is 10.2. The van der Waals surface area contributed by atoms with E-state index in [1.165, 1.54) is 0 Å². The van der Waals surface area contributed by atoms with E-state index in [2.05, 4.69) is 27.1 Å². The van der Waals surface area contributed by atoms with Gasteiger partial charge in [-0.15, -0.1) is 0 Å². The number of anilines is 1. The molecule has 0 aromatic carbocycles. The first-order valence-electron chi connectivity index (χ1n) is 6.80. The Balaban J connectivity index is 2.45. The smallest absolute Gasteiger partial charge is 0.263 e. The van der Waals surface area contributed by atoms with Gasteiger partial charge in [0.15, 0.2) is 5.65 Å². The van der Waals surface area contributed by atoms with Gasteiger partial charge in [0.2, 0.25) is 11.9 Å². The summed E-state index contributed by atoms with van der Waals surface area (Å²) in [4.78, 5) is 29.8. The molecule has 22 heavy (non-hydrogen) atoms. The number of hydrogen-bond donors (Lipinski definition) is 4. The summed E-state index contributed by atoms with van der Waals surface area (Å²) in [6, 6.07) is 0.101. The summed E-state index contributed by atoms with van der Waals surface area (Å²) in [7, 11) is 0. The fourth-order valence-electron chi connectivity index (χ4n) is 2.02. The molecule has 8 nitrogen and oxygen atoms in total. The van der Waals surface area contributed by atoms with Crippen LogP contribution in [-0.2, 0) is 4.79 Å². The van der Waals surface area contributed by atoms with Gasteiger partial charge in [-0.1, -0.05) is 11.8 Å². The summed E-state index contributed by atoms with van der Waals surface area (Å²) in [5.41, 5.74) is 11.5. The maximum Gasteiger partial charge on any atom is 0.263 e. The fraction of sp³-hybridized carbons (Fsp3) is 0.357. The zero-order valence-electron chi connectivity index (χ0n) is 12.4. The largest absolute Gasteiger partial charge is 0.369 e. The summed E-state index contributed by atoms with van der Waals surface area (Å²) >= 11 is 0. The number of hydrogen-bond acceptors (Lipinski definition) is 5. The number of nitrogens with one attached hydrogen (secondary N) is 2. The normalized spacial score (nSPS) is 10.5. The first-order chi connectivity index (χ1) is 10.4. The van der Waals surface area contributed by atoms with E-state index in [1.807, 2.05) is 18.4 Å². The van der Waals surface area contributed by atoms with E-state index in [-0.39, 0.29) is 36.5 Å². The molecule has 8 heteroatoms. The second-order valence-corrected chi connectivity index (χ2v) is 4.98. The zero-order valence-corrected chi connectivity index (χ0v) is 12.4. The van der Waals surface area contributed by atoms with E-state index in [0.717, 1.165) is 0 Å². The summed E-state index contributed by atoms with van der Waals surface area (Å²) in [6.45, 7) is 4.01. The highest BCUT2D eigenvalue weighted by atomic mass is 16.1. The van der Waals surface area contributed by atoms with E-state index >= 15 is 0 Å². The van der Waals surface area contributed by atoms with Crippen molar-refractivity contribution in [2.75, 3.05) is 18.8 Å². The predicted octanol–water partition coefficient (Wildman–Crippen LogP) is -0.686. The van der Waals surface area contributed by atoms with Crippen molar-refractivity contribution in [3.8, 4) is 11.8 Å². The summed E-state index contributed by atoms with van der Waals surface area (Å²) in [5, 5.41) is 2.93. The van der Waals surface area contributed by atoms with Crippen LogP contribution in [0.2, 0.25) is 0 Å². The molecule has 2 rings (SSSR count). The average molecular weight is 302 g/mol. The van der Waals surface area contributed by atoms with Crippen LogP contribution in [0, 0.1) is 11.8 Å². The third-order valence-corrected chi connectivity index (χ3v) is 3.04. The average Bonchev–Trinajstić information content (AvgIpc) is 2.82. The third kappa shape index (κ3) is 3.10. The molecule has 0 aliphatic heterocycles. The molecule has 1 amide bonds. The van der Waals surface area contributed by atoms with Crippen molar-refractivity contribution < 1.29 is 4.79 Å². The quantitative estimate of drug-likeness (QED) is 0.557.